The minimum Gasteiger partial charge on any atom is -0.444 e. The summed E-state index contributed by atoms with van der Waals surface area (Å²) < 4.78 is 11.4. The Hall–Kier alpha value is -5.97. The van der Waals surface area contributed by atoms with Gasteiger partial charge in [0.1, 0.15) is 11.2 Å². The molecule has 308 valence electrons. The highest BCUT2D eigenvalue weighted by molar-refractivity contribution is 5.90. The first-order valence-corrected chi connectivity index (χ1v) is 19.7. The van der Waals surface area contributed by atoms with Crippen LogP contribution in [0.5, 0.6) is 0 Å². The predicted octanol–water partition coefficient (Wildman–Crippen LogP) is 8.27. The third-order valence-electron chi connectivity index (χ3n) is 8.80. The maximum Gasteiger partial charge on any atom is 0.410 e. The second-order valence-electron chi connectivity index (χ2n) is 16.3. The summed E-state index contributed by atoms with van der Waals surface area (Å²) >= 11 is 0. The molecule has 0 N–H and O–H groups in total. The molecule has 0 aliphatic heterocycles. The van der Waals surface area contributed by atoms with E-state index in [0.717, 1.165) is 22.3 Å². The molecule has 0 bridgehead atoms. The Morgan fingerprint density at radius 2 is 0.672 bits per heavy atom. The van der Waals surface area contributed by atoms with E-state index in [9.17, 15) is 24.0 Å². The van der Waals surface area contributed by atoms with Crippen molar-refractivity contribution in [1.29, 1.82) is 0 Å². The van der Waals surface area contributed by atoms with Gasteiger partial charge in [-0.15, -0.1) is 0 Å². The zero-order chi connectivity index (χ0) is 42.1. The molecule has 0 saturated heterocycles. The van der Waals surface area contributed by atoms with Crippen LogP contribution in [-0.2, 0) is 50.0 Å². The summed E-state index contributed by atoms with van der Waals surface area (Å²) in [6.45, 7) is 11.2. The van der Waals surface area contributed by atoms with Gasteiger partial charge in [0.2, 0.25) is 11.8 Å². The molecule has 0 aromatic heterocycles. The minimum absolute atomic E-state index is 0.0548. The molecule has 0 heterocycles. The molecular weight excluding hydrogens is 733 g/mol. The molecule has 11 heteroatoms. The number of ether oxygens (including phenoxy) is 2. The van der Waals surface area contributed by atoms with E-state index in [4.69, 9.17) is 9.47 Å². The molecule has 0 unspecified atom stereocenters. The van der Waals surface area contributed by atoms with Crippen molar-refractivity contribution >= 4 is 29.8 Å². The summed E-state index contributed by atoms with van der Waals surface area (Å²) in [7, 11) is 0. The van der Waals surface area contributed by atoms with Crippen LogP contribution in [0.25, 0.3) is 0 Å². The van der Waals surface area contributed by atoms with Crippen LogP contribution < -0.4 is 0 Å². The Bertz CT molecular complexity index is 1770. The summed E-state index contributed by atoms with van der Waals surface area (Å²) in [5, 5.41) is 0. The lowest BCUT2D eigenvalue weighted by Gasteiger charge is -2.30. The standard InChI is InChI=1S/C47H58N4O7/c1-46(2,3)57-44(55)48(31-37-19-11-7-12-20-37)29-27-42(53)50(33-39-23-15-9-16-24-39)35-41(52)36-51(34-40-25-17-10-18-26-40)43(54)28-30-49(45(56)58-47(4,5)6)32-38-21-13-8-14-22-38/h7-26H,27-36H2,1-6H3. The van der Waals surface area contributed by atoms with Gasteiger partial charge in [0.05, 0.1) is 13.1 Å². The van der Waals surface area contributed by atoms with Crippen LogP contribution in [-0.4, -0.2) is 86.8 Å². The van der Waals surface area contributed by atoms with Gasteiger partial charge in [-0.2, -0.15) is 0 Å². The maximum absolute atomic E-state index is 14.0. The number of nitrogens with zero attached hydrogens (tertiary/aromatic N) is 4. The Kier molecular flexibility index (Phi) is 16.6. The van der Waals surface area contributed by atoms with Crippen LogP contribution in [0, 0.1) is 0 Å². The zero-order valence-corrected chi connectivity index (χ0v) is 34.8. The summed E-state index contributed by atoms with van der Waals surface area (Å²) in [5.74, 6) is -0.988. The highest BCUT2D eigenvalue weighted by Gasteiger charge is 2.28. The van der Waals surface area contributed by atoms with E-state index in [2.05, 4.69) is 0 Å². The lowest BCUT2D eigenvalue weighted by molar-refractivity contribution is -0.139. The maximum atomic E-state index is 14.0. The number of rotatable bonds is 18. The van der Waals surface area contributed by atoms with Crippen LogP contribution in [0.3, 0.4) is 0 Å². The highest BCUT2D eigenvalue weighted by atomic mass is 16.6. The number of hydrogen-bond acceptors (Lipinski definition) is 7. The van der Waals surface area contributed by atoms with Crippen LogP contribution in [0.4, 0.5) is 9.59 Å². The zero-order valence-electron chi connectivity index (χ0n) is 34.8. The number of amides is 4. The average Bonchev–Trinajstić information content (AvgIpc) is 3.17. The first kappa shape index (κ1) is 44.7. The molecule has 4 aromatic rings. The van der Waals surface area contributed by atoms with E-state index >= 15 is 0 Å². The van der Waals surface area contributed by atoms with Crippen molar-refractivity contribution in [3.8, 4) is 0 Å². The van der Waals surface area contributed by atoms with Crippen molar-refractivity contribution in [2.45, 2.75) is 91.8 Å². The van der Waals surface area contributed by atoms with Gasteiger partial charge in [-0.25, -0.2) is 9.59 Å². The summed E-state index contributed by atoms with van der Waals surface area (Å²) in [4.78, 5) is 74.5. The van der Waals surface area contributed by atoms with Gasteiger partial charge >= 0.3 is 12.2 Å². The molecule has 0 radical (unpaired) electrons. The largest absolute Gasteiger partial charge is 0.444 e. The van der Waals surface area contributed by atoms with Gasteiger partial charge in [-0.3, -0.25) is 14.4 Å². The molecule has 0 atom stereocenters. The van der Waals surface area contributed by atoms with E-state index in [1.54, 1.807) is 41.5 Å². The summed E-state index contributed by atoms with van der Waals surface area (Å²) in [6.07, 6.45) is -1.19. The van der Waals surface area contributed by atoms with Crippen molar-refractivity contribution < 1.29 is 33.4 Å². The average molecular weight is 791 g/mol. The number of ketones is 1. The van der Waals surface area contributed by atoms with Crippen molar-refractivity contribution in [2.24, 2.45) is 0 Å². The molecule has 4 amide bonds. The topological polar surface area (TPSA) is 117 Å². The second kappa shape index (κ2) is 21.5. The van der Waals surface area contributed by atoms with E-state index in [1.807, 2.05) is 121 Å². The number of Topliss-reactive ketones (excluding diaryl/α,β-unsaturated/α-hetero) is 1. The van der Waals surface area contributed by atoms with Gasteiger partial charge in [0.15, 0.2) is 5.78 Å². The fraction of sp³-hybridized carbons (Fsp3) is 0.383. The summed E-state index contributed by atoms with van der Waals surface area (Å²) in [5.41, 5.74) is 1.95. The monoisotopic (exact) mass is 790 g/mol. The Balaban J connectivity index is 1.51. The van der Waals surface area contributed by atoms with Crippen molar-refractivity contribution in [3.05, 3.63) is 144 Å². The quantitative estimate of drug-likeness (QED) is 0.0997. The van der Waals surface area contributed by atoms with Crippen LogP contribution in [0.2, 0.25) is 0 Å². The smallest absolute Gasteiger partial charge is 0.410 e. The van der Waals surface area contributed by atoms with Gasteiger partial charge in [0, 0.05) is 52.1 Å². The van der Waals surface area contributed by atoms with Crippen molar-refractivity contribution in [3.63, 3.8) is 0 Å². The molecular formula is C47H58N4O7. The van der Waals surface area contributed by atoms with Crippen LogP contribution in [0.1, 0.15) is 76.6 Å². The molecule has 58 heavy (non-hydrogen) atoms. The Labute approximate surface area is 343 Å². The molecule has 0 aliphatic rings. The third kappa shape index (κ3) is 16.3. The molecule has 0 saturated carbocycles. The highest BCUT2D eigenvalue weighted by Crippen LogP contribution is 2.17. The lowest BCUT2D eigenvalue weighted by atomic mass is 10.1. The van der Waals surface area contributed by atoms with Crippen LogP contribution in [0.15, 0.2) is 121 Å². The molecule has 0 spiro atoms. The first-order chi connectivity index (χ1) is 27.5. The Morgan fingerprint density at radius 1 is 0.414 bits per heavy atom. The minimum atomic E-state index is -0.735. The van der Waals surface area contributed by atoms with E-state index in [0.29, 0.717) is 0 Å². The van der Waals surface area contributed by atoms with Gasteiger partial charge < -0.3 is 29.1 Å². The molecule has 0 fully saturated rings. The van der Waals surface area contributed by atoms with E-state index in [1.165, 1.54) is 19.6 Å². The predicted molar refractivity (Wildman–Crippen MR) is 224 cm³/mol. The van der Waals surface area contributed by atoms with Gasteiger partial charge in [-0.05, 0) is 63.8 Å². The Morgan fingerprint density at radius 3 is 0.931 bits per heavy atom. The first-order valence-electron chi connectivity index (χ1n) is 19.7. The molecule has 4 rings (SSSR count). The van der Waals surface area contributed by atoms with Gasteiger partial charge in [0.25, 0.3) is 0 Å². The molecule has 11 nitrogen and oxygen atoms in total. The van der Waals surface area contributed by atoms with Crippen molar-refractivity contribution in [1.82, 2.24) is 19.6 Å². The number of hydrogen-bond donors (Lipinski definition) is 0. The molecule has 0 aliphatic carbocycles. The third-order valence-corrected chi connectivity index (χ3v) is 8.80. The summed E-state index contributed by atoms with van der Waals surface area (Å²) in [6, 6.07) is 37.7. The number of carbonyl (C=O) groups excluding carboxylic acids is 5. The SMILES string of the molecule is CC(C)(C)OC(=O)N(CCC(=O)N(CC(=O)CN(Cc1ccccc1)C(=O)CCN(Cc1ccccc1)C(=O)OC(C)(C)C)Cc1ccccc1)Cc1ccccc1. The van der Waals surface area contributed by atoms with Gasteiger partial charge in [-0.1, -0.05) is 121 Å². The normalized spacial score (nSPS) is 11.3. The number of benzene rings is 4. The van der Waals surface area contributed by atoms with Crippen LogP contribution >= 0.6 is 0 Å². The fourth-order valence-electron chi connectivity index (χ4n) is 6.06. The van der Waals surface area contributed by atoms with E-state index < -0.39 is 23.4 Å². The molecule has 4 aromatic carbocycles. The fourth-order valence-corrected chi connectivity index (χ4v) is 6.06. The number of carbonyl (C=O) groups is 5. The lowest BCUT2D eigenvalue weighted by Crippen LogP contribution is -2.44. The van der Waals surface area contributed by atoms with Crippen molar-refractivity contribution in [2.75, 3.05) is 26.2 Å². The van der Waals surface area contributed by atoms with E-state index in [-0.39, 0.29) is 82.8 Å². The second-order valence-corrected chi connectivity index (χ2v) is 16.3.